The Hall–Kier alpha value is -2.95. The normalized spacial score (nSPS) is 10.5. The van der Waals surface area contributed by atoms with E-state index in [-0.39, 0.29) is 11.1 Å². The Morgan fingerprint density at radius 3 is 2.86 bits per heavy atom. The van der Waals surface area contributed by atoms with Gasteiger partial charge in [-0.1, -0.05) is 12.1 Å². The second-order valence-electron chi connectivity index (χ2n) is 4.40. The molecule has 3 aromatic rings. The average molecular weight is 281 g/mol. The second kappa shape index (κ2) is 5.20. The van der Waals surface area contributed by atoms with E-state index in [1.807, 2.05) is 0 Å². The monoisotopic (exact) mass is 281 g/mol. The van der Waals surface area contributed by atoms with E-state index in [4.69, 9.17) is 4.42 Å². The molecule has 0 aliphatic heterocycles. The third-order valence-corrected chi connectivity index (χ3v) is 3.07. The minimum atomic E-state index is -0.446. The van der Waals surface area contributed by atoms with Crippen LogP contribution in [0.4, 0.5) is 0 Å². The van der Waals surface area contributed by atoms with Crippen LogP contribution in [0, 0.1) is 0 Å². The van der Waals surface area contributed by atoms with Gasteiger partial charge >= 0.3 is 5.97 Å². The number of carbonyl (C=O) groups is 1. The van der Waals surface area contributed by atoms with E-state index < -0.39 is 5.97 Å². The Morgan fingerprint density at radius 2 is 2.05 bits per heavy atom. The number of esters is 1. The maximum absolute atomic E-state index is 12.1. The van der Waals surface area contributed by atoms with Gasteiger partial charge in [0.25, 0.3) is 0 Å². The van der Waals surface area contributed by atoms with Gasteiger partial charge in [-0.3, -0.25) is 4.79 Å². The first-order valence-corrected chi connectivity index (χ1v) is 6.26. The molecule has 0 amide bonds. The van der Waals surface area contributed by atoms with Crippen molar-refractivity contribution in [2.24, 2.45) is 0 Å². The molecule has 1 aromatic carbocycles. The standard InChI is InChI=1S/C16H11NO4/c1-20-16(19)11-5-2-4-10(8-11)14-9-13(18)12-6-3-7-17-15(12)21-14/h2-9H,1H3. The Kier molecular flexibility index (Phi) is 3.23. The molecule has 0 aliphatic carbocycles. The van der Waals surface area contributed by atoms with Gasteiger partial charge in [0.1, 0.15) is 5.76 Å². The SMILES string of the molecule is COC(=O)c1cccc(-c2cc(=O)c3cccnc3o2)c1. The van der Waals surface area contributed by atoms with Crippen molar-refractivity contribution in [3.05, 3.63) is 64.4 Å². The zero-order chi connectivity index (χ0) is 14.8. The molecule has 0 saturated carbocycles. The first-order chi connectivity index (χ1) is 10.2. The highest BCUT2D eigenvalue weighted by Crippen LogP contribution is 2.22. The van der Waals surface area contributed by atoms with Crippen LogP contribution in [0.3, 0.4) is 0 Å². The zero-order valence-corrected chi connectivity index (χ0v) is 11.2. The summed E-state index contributed by atoms with van der Waals surface area (Å²) in [4.78, 5) is 27.6. The number of carbonyl (C=O) groups excluding carboxylic acids is 1. The van der Waals surface area contributed by atoms with E-state index in [1.54, 1.807) is 42.6 Å². The smallest absolute Gasteiger partial charge is 0.337 e. The van der Waals surface area contributed by atoms with Gasteiger partial charge in [0, 0.05) is 17.8 Å². The number of benzene rings is 1. The second-order valence-corrected chi connectivity index (χ2v) is 4.40. The molecule has 5 heteroatoms. The number of rotatable bonds is 2. The highest BCUT2D eigenvalue weighted by Gasteiger charge is 2.10. The molecule has 104 valence electrons. The molecular weight excluding hydrogens is 270 g/mol. The Labute approximate surface area is 119 Å². The van der Waals surface area contributed by atoms with E-state index >= 15 is 0 Å². The lowest BCUT2D eigenvalue weighted by atomic mass is 10.1. The largest absolute Gasteiger partial charge is 0.465 e. The highest BCUT2D eigenvalue weighted by atomic mass is 16.5. The summed E-state index contributed by atoms with van der Waals surface area (Å²) in [6.45, 7) is 0. The highest BCUT2D eigenvalue weighted by molar-refractivity contribution is 5.90. The summed E-state index contributed by atoms with van der Waals surface area (Å²) in [5, 5.41) is 0.422. The predicted octanol–water partition coefficient (Wildman–Crippen LogP) is 2.64. The lowest BCUT2D eigenvalue weighted by molar-refractivity contribution is 0.0601. The molecule has 0 unspecified atom stereocenters. The molecule has 0 bridgehead atoms. The van der Waals surface area contributed by atoms with Crippen molar-refractivity contribution >= 4 is 17.1 Å². The number of pyridine rings is 1. The summed E-state index contributed by atoms with van der Waals surface area (Å²) >= 11 is 0. The van der Waals surface area contributed by atoms with Crippen molar-refractivity contribution in [2.75, 3.05) is 7.11 Å². The number of ether oxygens (including phenoxy) is 1. The molecule has 5 nitrogen and oxygen atoms in total. The first-order valence-electron chi connectivity index (χ1n) is 6.26. The van der Waals surface area contributed by atoms with Crippen LogP contribution in [0.5, 0.6) is 0 Å². The molecule has 0 N–H and O–H groups in total. The van der Waals surface area contributed by atoms with Crippen LogP contribution in [0.2, 0.25) is 0 Å². The molecule has 2 heterocycles. The van der Waals surface area contributed by atoms with Crippen LogP contribution in [0.25, 0.3) is 22.4 Å². The fraction of sp³-hybridized carbons (Fsp3) is 0.0625. The molecule has 0 saturated heterocycles. The maximum Gasteiger partial charge on any atom is 0.337 e. The lowest BCUT2D eigenvalue weighted by Crippen LogP contribution is -2.03. The van der Waals surface area contributed by atoms with Gasteiger partial charge in [-0.05, 0) is 24.3 Å². The lowest BCUT2D eigenvalue weighted by Gasteiger charge is -2.04. The number of hydrogen-bond acceptors (Lipinski definition) is 5. The number of nitrogens with zero attached hydrogens (tertiary/aromatic N) is 1. The Morgan fingerprint density at radius 1 is 1.19 bits per heavy atom. The molecule has 0 fully saturated rings. The minimum Gasteiger partial charge on any atom is -0.465 e. The van der Waals surface area contributed by atoms with Crippen LogP contribution >= 0.6 is 0 Å². The van der Waals surface area contributed by atoms with Gasteiger partial charge in [-0.25, -0.2) is 9.78 Å². The van der Waals surface area contributed by atoms with Gasteiger partial charge in [0.05, 0.1) is 18.1 Å². The number of methoxy groups -OCH3 is 1. The molecule has 0 aliphatic rings. The quantitative estimate of drug-likeness (QED) is 0.675. The topological polar surface area (TPSA) is 69.4 Å². The van der Waals surface area contributed by atoms with Crippen LogP contribution < -0.4 is 5.43 Å². The number of fused-ring (bicyclic) bond motifs is 1. The van der Waals surface area contributed by atoms with Gasteiger partial charge in [0.2, 0.25) is 5.71 Å². The molecular formula is C16H11NO4. The first kappa shape index (κ1) is 13.1. The Bertz CT molecular complexity index is 883. The third kappa shape index (κ3) is 2.41. The third-order valence-electron chi connectivity index (χ3n) is 3.07. The molecule has 21 heavy (non-hydrogen) atoms. The predicted molar refractivity (Wildman–Crippen MR) is 77.1 cm³/mol. The zero-order valence-electron chi connectivity index (χ0n) is 11.2. The molecule has 2 aromatic heterocycles. The van der Waals surface area contributed by atoms with Gasteiger partial charge in [0.15, 0.2) is 5.43 Å². The summed E-state index contributed by atoms with van der Waals surface area (Å²) < 4.78 is 10.3. The van der Waals surface area contributed by atoms with E-state index in [2.05, 4.69) is 9.72 Å². The fourth-order valence-electron chi connectivity index (χ4n) is 2.05. The van der Waals surface area contributed by atoms with E-state index in [0.29, 0.717) is 22.3 Å². The number of hydrogen-bond donors (Lipinski definition) is 0. The van der Waals surface area contributed by atoms with Crippen LogP contribution in [0.1, 0.15) is 10.4 Å². The molecule has 0 spiro atoms. The Balaban J connectivity index is 2.17. The van der Waals surface area contributed by atoms with E-state index in [0.717, 1.165) is 0 Å². The summed E-state index contributed by atoms with van der Waals surface area (Å²) in [5.41, 5.74) is 1.09. The van der Waals surface area contributed by atoms with Crippen molar-refractivity contribution in [3.8, 4) is 11.3 Å². The van der Waals surface area contributed by atoms with Crippen molar-refractivity contribution in [2.45, 2.75) is 0 Å². The van der Waals surface area contributed by atoms with Crippen LogP contribution in [-0.4, -0.2) is 18.1 Å². The van der Waals surface area contributed by atoms with E-state index in [1.165, 1.54) is 13.2 Å². The number of aromatic nitrogens is 1. The summed E-state index contributed by atoms with van der Waals surface area (Å²) in [5.74, 6) is -0.0879. The summed E-state index contributed by atoms with van der Waals surface area (Å²) in [6, 6.07) is 11.4. The van der Waals surface area contributed by atoms with Gasteiger partial charge in [-0.15, -0.1) is 0 Å². The maximum atomic E-state index is 12.1. The van der Waals surface area contributed by atoms with Crippen molar-refractivity contribution < 1.29 is 13.9 Å². The molecule has 3 rings (SSSR count). The van der Waals surface area contributed by atoms with Crippen molar-refractivity contribution in [1.29, 1.82) is 0 Å². The van der Waals surface area contributed by atoms with Crippen LogP contribution in [0.15, 0.2) is 57.9 Å². The van der Waals surface area contributed by atoms with E-state index in [9.17, 15) is 9.59 Å². The van der Waals surface area contributed by atoms with Gasteiger partial charge in [-0.2, -0.15) is 0 Å². The summed E-state index contributed by atoms with van der Waals surface area (Å²) in [6.07, 6.45) is 1.56. The minimum absolute atomic E-state index is 0.178. The van der Waals surface area contributed by atoms with Crippen LogP contribution in [-0.2, 0) is 4.74 Å². The van der Waals surface area contributed by atoms with Gasteiger partial charge < -0.3 is 9.15 Å². The van der Waals surface area contributed by atoms with Crippen molar-refractivity contribution in [1.82, 2.24) is 4.98 Å². The van der Waals surface area contributed by atoms with Crippen molar-refractivity contribution in [3.63, 3.8) is 0 Å². The molecule has 0 atom stereocenters. The summed E-state index contributed by atoms with van der Waals surface area (Å²) in [7, 11) is 1.31. The fourth-order valence-corrected chi connectivity index (χ4v) is 2.05. The average Bonchev–Trinajstić information content (AvgIpc) is 2.54. The molecule has 0 radical (unpaired) electrons.